The summed E-state index contributed by atoms with van der Waals surface area (Å²) in [5, 5.41) is 0.538. The standard InChI is InChI=1S/C11H7ClIN/c12-10-6-9(7-11(13)14-10)8-4-2-1-3-5-8/h1-7H. The van der Waals surface area contributed by atoms with Crippen molar-refractivity contribution in [1.82, 2.24) is 4.98 Å². The van der Waals surface area contributed by atoms with Crippen LogP contribution in [0.1, 0.15) is 0 Å². The fraction of sp³-hybridized carbons (Fsp3) is 0. The zero-order valence-electron chi connectivity index (χ0n) is 7.24. The lowest BCUT2D eigenvalue weighted by Crippen LogP contribution is -1.84. The number of nitrogens with zero attached hydrogens (tertiary/aromatic N) is 1. The molecule has 14 heavy (non-hydrogen) atoms. The SMILES string of the molecule is Clc1cc(-c2ccccc2)cc(I)n1. The van der Waals surface area contributed by atoms with Crippen LogP contribution in [0.4, 0.5) is 0 Å². The molecule has 0 radical (unpaired) electrons. The lowest BCUT2D eigenvalue weighted by Gasteiger charge is -2.02. The summed E-state index contributed by atoms with van der Waals surface area (Å²) in [4.78, 5) is 4.11. The zero-order valence-corrected chi connectivity index (χ0v) is 10.2. The van der Waals surface area contributed by atoms with Crippen molar-refractivity contribution in [2.75, 3.05) is 0 Å². The maximum absolute atomic E-state index is 5.88. The van der Waals surface area contributed by atoms with Gasteiger partial charge in [0, 0.05) is 0 Å². The zero-order chi connectivity index (χ0) is 9.97. The van der Waals surface area contributed by atoms with Gasteiger partial charge in [-0.3, -0.25) is 0 Å². The first kappa shape index (κ1) is 9.93. The number of halogens is 2. The van der Waals surface area contributed by atoms with Crippen LogP contribution in [-0.4, -0.2) is 4.98 Å². The van der Waals surface area contributed by atoms with Crippen LogP contribution in [0.3, 0.4) is 0 Å². The van der Waals surface area contributed by atoms with E-state index in [1.54, 1.807) is 0 Å². The Morgan fingerprint density at radius 2 is 1.71 bits per heavy atom. The molecule has 0 amide bonds. The molecule has 0 aliphatic carbocycles. The van der Waals surface area contributed by atoms with Gasteiger partial charge in [-0.25, -0.2) is 4.98 Å². The van der Waals surface area contributed by atoms with Crippen LogP contribution in [0.5, 0.6) is 0 Å². The second kappa shape index (κ2) is 4.28. The molecule has 2 aromatic rings. The molecule has 0 fully saturated rings. The lowest BCUT2D eigenvalue weighted by atomic mass is 10.1. The van der Waals surface area contributed by atoms with E-state index in [2.05, 4.69) is 39.7 Å². The number of rotatable bonds is 1. The molecule has 0 atom stereocenters. The molecule has 0 N–H and O–H groups in total. The molecular weight excluding hydrogens is 308 g/mol. The van der Waals surface area contributed by atoms with Gasteiger partial charge < -0.3 is 0 Å². The molecule has 0 bridgehead atoms. The van der Waals surface area contributed by atoms with Crippen molar-refractivity contribution in [3.05, 3.63) is 51.3 Å². The quantitative estimate of drug-likeness (QED) is 0.572. The normalized spacial score (nSPS) is 10.1. The number of hydrogen-bond acceptors (Lipinski definition) is 1. The summed E-state index contributed by atoms with van der Waals surface area (Å²) in [7, 11) is 0. The number of aromatic nitrogens is 1. The van der Waals surface area contributed by atoms with Gasteiger partial charge in [0.2, 0.25) is 0 Å². The molecule has 2 rings (SSSR count). The maximum atomic E-state index is 5.88. The lowest BCUT2D eigenvalue weighted by molar-refractivity contribution is 1.27. The topological polar surface area (TPSA) is 12.9 Å². The Morgan fingerprint density at radius 3 is 2.36 bits per heavy atom. The van der Waals surface area contributed by atoms with Crippen molar-refractivity contribution in [2.45, 2.75) is 0 Å². The summed E-state index contributed by atoms with van der Waals surface area (Å²) in [5.74, 6) is 0. The third kappa shape index (κ3) is 2.25. The molecule has 0 spiro atoms. The summed E-state index contributed by atoms with van der Waals surface area (Å²) in [5.41, 5.74) is 2.27. The highest BCUT2D eigenvalue weighted by Crippen LogP contribution is 2.22. The molecule has 0 aliphatic rings. The van der Waals surface area contributed by atoms with E-state index in [0.29, 0.717) is 5.15 Å². The van der Waals surface area contributed by atoms with E-state index >= 15 is 0 Å². The van der Waals surface area contributed by atoms with Crippen molar-refractivity contribution in [3.63, 3.8) is 0 Å². The first-order chi connectivity index (χ1) is 6.75. The first-order valence-corrected chi connectivity index (χ1v) is 5.60. The molecule has 70 valence electrons. The van der Waals surface area contributed by atoms with Gasteiger partial charge in [-0.1, -0.05) is 41.9 Å². The maximum Gasteiger partial charge on any atom is 0.130 e. The van der Waals surface area contributed by atoms with Crippen LogP contribution in [0.15, 0.2) is 42.5 Å². The number of benzene rings is 1. The number of hydrogen-bond donors (Lipinski definition) is 0. The molecular formula is C11H7ClIN. The summed E-state index contributed by atoms with van der Waals surface area (Å²) in [6.45, 7) is 0. The second-order valence-electron chi connectivity index (χ2n) is 2.87. The minimum absolute atomic E-state index is 0.538. The molecule has 0 saturated carbocycles. The highest BCUT2D eigenvalue weighted by atomic mass is 127. The minimum atomic E-state index is 0.538. The van der Waals surface area contributed by atoms with E-state index in [1.165, 1.54) is 0 Å². The summed E-state index contributed by atoms with van der Waals surface area (Å²) >= 11 is 8.05. The highest BCUT2D eigenvalue weighted by Gasteiger charge is 2.00. The van der Waals surface area contributed by atoms with Gasteiger partial charge in [0.25, 0.3) is 0 Å². The predicted octanol–water partition coefficient (Wildman–Crippen LogP) is 4.01. The van der Waals surface area contributed by atoms with Gasteiger partial charge in [-0.05, 0) is 45.9 Å². The largest absolute Gasteiger partial charge is 0.230 e. The average molecular weight is 316 g/mol. The van der Waals surface area contributed by atoms with Crippen molar-refractivity contribution in [2.24, 2.45) is 0 Å². The van der Waals surface area contributed by atoms with Gasteiger partial charge in [0.15, 0.2) is 0 Å². The van der Waals surface area contributed by atoms with Crippen LogP contribution < -0.4 is 0 Å². The van der Waals surface area contributed by atoms with E-state index < -0.39 is 0 Å². The van der Waals surface area contributed by atoms with Gasteiger partial charge in [-0.15, -0.1) is 0 Å². The Hall–Kier alpha value is -0.610. The van der Waals surface area contributed by atoms with E-state index in [1.807, 2.05) is 30.3 Å². The number of pyridine rings is 1. The van der Waals surface area contributed by atoms with E-state index in [4.69, 9.17) is 11.6 Å². The second-order valence-corrected chi connectivity index (χ2v) is 4.36. The van der Waals surface area contributed by atoms with E-state index in [9.17, 15) is 0 Å². The Labute approximate surface area is 101 Å². The van der Waals surface area contributed by atoms with Crippen LogP contribution in [0, 0.1) is 3.70 Å². The Kier molecular flexibility index (Phi) is 3.03. The third-order valence-electron chi connectivity index (χ3n) is 1.87. The van der Waals surface area contributed by atoms with Gasteiger partial charge in [0.1, 0.15) is 8.85 Å². The molecule has 1 aromatic heterocycles. The third-order valence-corrected chi connectivity index (χ3v) is 2.62. The van der Waals surface area contributed by atoms with Gasteiger partial charge in [-0.2, -0.15) is 0 Å². The smallest absolute Gasteiger partial charge is 0.130 e. The van der Waals surface area contributed by atoms with Gasteiger partial charge in [0.05, 0.1) is 0 Å². The van der Waals surface area contributed by atoms with E-state index in [-0.39, 0.29) is 0 Å². The van der Waals surface area contributed by atoms with Crippen LogP contribution in [0.25, 0.3) is 11.1 Å². The highest BCUT2D eigenvalue weighted by molar-refractivity contribution is 14.1. The summed E-state index contributed by atoms with van der Waals surface area (Å²) < 4.78 is 0.911. The first-order valence-electron chi connectivity index (χ1n) is 4.14. The monoisotopic (exact) mass is 315 g/mol. The van der Waals surface area contributed by atoms with Crippen molar-refractivity contribution in [1.29, 1.82) is 0 Å². The Balaban J connectivity index is 2.52. The molecule has 0 saturated heterocycles. The summed E-state index contributed by atoms with van der Waals surface area (Å²) in [6.07, 6.45) is 0. The Morgan fingerprint density at radius 1 is 1.00 bits per heavy atom. The average Bonchev–Trinajstić information content (AvgIpc) is 2.18. The van der Waals surface area contributed by atoms with Crippen molar-refractivity contribution < 1.29 is 0 Å². The molecule has 1 aromatic carbocycles. The van der Waals surface area contributed by atoms with Gasteiger partial charge >= 0.3 is 0 Å². The molecule has 1 nitrogen and oxygen atoms in total. The minimum Gasteiger partial charge on any atom is -0.230 e. The fourth-order valence-corrected chi connectivity index (χ4v) is 2.21. The van der Waals surface area contributed by atoms with Crippen LogP contribution >= 0.6 is 34.2 Å². The molecule has 0 unspecified atom stereocenters. The molecule has 3 heteroatoms. The van der Waals surface area contributed by atoms with Crippen molar-refractivity contribution >= 4 is 34.2 Å². The fourth-order valence-electron chi connectivity index (χ4n) is 1.26. The predicted molar refractivity (Wildman–Crippen MR) is 67.4 cm³/mol. The summed E-state index contributed by atoms with van der Waals surface area (Å²) in [6, 6.07) is 14.0. The van der Waals surface area contributed by atoms with Crippen LogP contribution in [-0.2, 0) is 0 Å². The van der Waals surface area contributed by atoms with Crippen molar-refractivity contribution in [3.8, 4) is 11.1 Å². The Bertz CT molecular complexity index is 422. The van der Waals surface area contributed by atoms with E-state index in [0.717, 1.165) is 14.8 Å². The van der Waals surface area contributed by atoms with Crippen LogP contribution in [0.2, 0.25) is 5.15 Å². The molecule has 0 aliphatic heterocycles. The molecule has 1 heterocycles.